The van der Waals surface area contributed by atoms with E-state index in [9.17, 15) is 4.79 Å². The Bertz CT molecular complexity index is 300. The maximum atomic E-state index is 10.9. The van der Waals surface area contributed by atoms with E-state index in [0.29, 0.717) is 0 Å². The van der Waals surface area contributed by atoms with Crippen LogP contribution in [0.1, 0.15) is 0 Å². The lowest BCUT2D eigenvalue weighted by atomic mass is 10.6. The molecule has 0 aromatic carbocycles. The number of aromatic nitrogens is 3. The molecule has 0 unspecified atom stereocenters. The van der Waals surface area contributed by atoms with Crippen molar-refractivity contribution in [1.82, 2.24) is 15.2 Å². The molecule has 1 amide bonds. The quantitative estimate of drug-likeness (QED) is 0.682. The summed E-state index contributed by atoms with van der Waals surface area (Å²) in [6, 6.07) is 0. The molecule has 0 aliphatic rings. The van der Waals surface area contributed by atoms with Gasteiger partial charge in [-0.2, -0.15) is 5.10 Å². The van der Waals surface area contributed by atoms with E-state index < -0.39 is 5.91 Å². The monoisotopic (exact) mass is 184 g/mol. The standard InChI is InChI=1S/C6H5ClN4O/c1-4(7)5(12)10-6-8-2-3-9-11-6/h2-3H,1H2,(H,8,10,11,12). The number of carbonyl (C=O) groups is 1. The SMILES string of the molecule is C=C(Cl)C(=O)Nc1nccnn1. The van der Waals surface area contributed by atoms with Crippen molar-refractivity contribution in [3.05, 3.63) is 24.0 Å². The van der Waals surface area contributed by atoms with Crippen LogP contribution in [0.4, 0.5) is 5.95 Å². The fourth-order valence-electron chi connectivity index (χ4n) is 0.474. The van der Waals surface area contributed by atoms with E-state index in [1.807, 2.05) is 0 Å². The van der Waals surface area contributed by atoms with E-state index >= 15 is 0 Å². The van der Waals surface area contributed by atoms with Gasteiger partial charge in [-0.1, -0.05) is 18.2 Å². The van der Waals surface area contributed by atoms with Gasteiger partial charge >= 0.3 is 0 Å². The van der Waals surface area contributed by atoms with Crippen molar-refractivity contribution in [2.45, 2.75) is 0 Å². The number of hydrogen-bond donors (Lipinski definition) is 1. The topological polar surface area (TPSA) is 67.8 Å². The van der Waals surface area contributed by atoms with Crippen LogP contribution < -0.4 is 5.32 Å². The molecule has 1 aromatic rings. The van der Waals surface area contributed by atoms with Gasteiger partial charge in [0.05, 0.1) is 17.4 Å². The van der Waals surface area contributed by atoms with E-state index in [4.69, 9.17) is 11.6 Å². The number of rotatable bonds is 2. The van der Waals surface area contributed by atoms with Gasteiger partial charge in [-0.15, -0.1) is 5.10 Å². The molecule has 0 fully saturated rings. The van der Waals surface area contributed by atoms with Crippen molar-refractivity contribution in [3.8, 4) is 0 Å². The summed E-state index contributed by atoms with van der Waals surface area (Å²) in [5.74, 6) is -0.436. The second-order valence-electron chi connectivity index (χ2n) is 1.83. The summed E-state index contributed by atoms with van der Waals surface area (Å²) in [5, 5.41) is 9.17. The number of anilines is 1. The van der Waals surface area contributed by atoms with Gasteiger partial charge in [0.25, 0.3) is 5.91 Å². The zero-order valence-electron chi connectivity index (χ0n) is 5.99. The van der Waals surface area contributed by atoms with Crippen molar-refractivity contribution in [2.24, 2.45) is 0 Å². The van der Waals surface area contributed by atoms with Gasteiger partial charge in [-0.25, -0.2) is 4.98 Å². The first-order chi connectivity index (χ1) is 5.70. The predicted octanol–water partition coefficient (Wildman–Crippen LogP) is 0.563. The van der Waals surface area contributed by atoms with Gasteiger partial charge in [0.15, 0.2) is 0 Å². The van der Waals surface area contributed by atoms with Crippen molar-refractivity contribution in [3.63, 3.8) is 0 Å². The molecule has 0 saturated heterocycles. The summed E-state index contributed by atoms with van der Waals surface area (Å²) in [6.45, 7) is 3.23. The van der Waals surface area contributed by atoms with Crippen LogP contribution in [0.3, 0.4) is 0 Å². The molecular weight excluding hydrogens is 180 g/mol. The van der Waals surface area contributed by atoms with Gasteiger partial charge in [-0.3, -0.25) is 10.1 Å². The average molecular weight is 185 g/mol. The third-order valence-corrected chi connectivity index (χ3v) is 1.13. The van der Waals surface area contributed by atoms with Gasteiger partial charge in [0, 0.05) is 0 Å². The van der Waals surface area contributed by atoms with E-state index in [1.165, 1.54) is 12.4 Å². The predicted molar refractivity (Wildman–Crippen MR) is 43.4 cm³/mol. The lowest BCUT2D eigenvalue weighted by Crippen LogP contribution is -2.13. The van der Waals surface area contributed by atoms with Crippen LogP contribution in [0.2, 0.25) is 0 Å². The highest BCUT2D eigenvalue weighted by molar-refractivity contribution is 6.43. The fraction of sp³-hybridized carbons (Fsp3) is 0. The molecule has 62 valence electrons. The molecule has 0 aliphatic heterocycles. The first kappa shape index (κ1) is 8.61. The van der Waals surface area contributed by atoms with E-state index in [1.54, 1.807) is 0 Å². The number of nitrogens with one attached hydrogen (secondary N) is 1. The number of amides is 1. The first-order valence-corrected chi connectivity index (χ1v) is 3.37. The Hall–Kier alpha value is -1.49. The normalized spacial score (nSPS) is 9.08. The highest BCUT2D eigenvalue weighted by Crippen LogP contribution is 2.00. The molecule has 0 bridgehead atoms. The molecule has 1 aromatic heterocycles. The molecule has 1 heterocycles. The van der Waals surface area contributed by atoms with Gasteiger partial charge in [-0.05, 0) is 0 Å². The van der Waals surface area contributed by atoms with Gasteiger partial charge in [0.2, 0.25) is 5.95 Å². The van der Waals surface area contributed by atoms with Gasteiger partial charge in [0.1, 0.15) is 0 Å². The third kappa shape index (κ3) is 2.28. The summed E-state index contributed by atoms with van der Waals surface area (Å²) in [7, 11) is 0. The van der Waals surface area contributed by atoms with Crippen molar-refractivity contribution < 1.29 is 4.79 Å². The number of hydrogen-bond acceptors (Lipinski definition) is 4. The molecule has 12 heavy (non-hydrogen) atoms. The summed E-state index contributed by atoms with van der Waals surface area (Å²) in [6.07, 6.45) is 2.80. The largest absolute Gasteiger partial charge is 0.288 e. The summed E-state index contributed by atoms with van der Waals surface area (Å²) >= 11 is 5.30. The lowest BCUT2D eigenvalue weighted by molar-refractivity contribution is -0.112. The average Bonchev–Trinajstić information content (AvgIpc) is 2.06. The smallest absolute Gasteiger partial charge is 0.268 e. The molecule has 0 aliphatic carbocycles. The zero-order chi connectivity index (χ0) is 8.97. The maximum absolute atomic E-state index is 10.9. The second kappa shape index (κ2) is 3.77. The molecule has 0 saturated carbocycles. The minimum Gasteiger partial charge on any atom is -0.288 e. The molecule has 1 rings (SSSR count). The number of halogens is 1. The number of nitrogens with zero attached hydrogens (tertiary/aromatic N) is 3. The maximum Gasteiger partial charge on any atom is 0.268 e. The van der Waals surface area contributed by atoms with E-state index in [-0.39, 0.29) is 11.0 Å². The van der Waals surface area contributed by atoms with Crippen LogP contribution in [0, 0.1) is 0 Å². The van der Waals surface area contributed by atoms with Crippen LogP contribution in [0.15, 0.2) is 24.0 Å². The molecule has 0 atom stereocenters. The van der Waals surface area contributed by atoms with E-state index in [2.05, 4.69) is 27.1 Å². The van der Waals surface area contributed by atoms with Crippen LogP contribution in [0.25, 0.3) is 0 Å². The Balaban J connectivity index is 2.65. The summed E-state index contributed by atoms with van der Waals surface area (Å²) in [4.78, 5) is 14.6. The van der Waals surface area contributed by atoms with Crippen LogP contribution in [-0.4, -0.2) is 21.1 Å². The van der Waals surface area contributed by atoms with Crippen molar-refractivity contribution in [2.75, 3.05) is 5.32 Å². The van der Waals surface area contributed by atoms with E-state index in [0.717, 1.165) is 0 Å². The molecule has 5 nitrogen and oxygen atoms in total. The highest BCUT2D eigenvalue weighted by Gasteiger charge is 2.05. The van der Waals surface area contributed by atoms with Crippen molar-refractivity contribution >= 4 is 23.5 Å². The number of carbonyl (C=O) groups excluding carboxylic acids is 1. The minimum atomic E-state index is -0.537. The Kier molecular flexibility index (Phi) is 2.71. The molecule has 1 N–H and O–H groups in total. The van der Waals surface area contributed by atoms with Crippen LogP contribution in [0.5, 0.6) is 0 Å². The van der Waals surface area contributed by atoms with Crippen molar-refractivity contribution in [1.29, 1.82) is 0 Å². The Morgan fingerprint density at radius 2 is 2.33 bits per heavy atom. The van der Waals surface area contributed by atoms with Crippen LogP contribution >= 0.6 is 11.6 Å². The Labute approximate surface area is 73.5 Å². The highest BCUT2D eigenvalue weighted by atomic mass is 35.5. The molecular formula is C6H5ClN4O. The van der Waals surface area contributed by atoms with Gasteiger partial charge < -0.3 is 0 Å². The fourth-order valence-corrected chi connectivity index (χ4v) is 0.521. The second-order valence-corrected chi connectivity index (χ2v) is 2.28. The summed E-state index contributed by atoms with van der Waals surface area (Å²) in [5.41, 5.74) is 0. The lowest BCUT2D eigenvalue weighted by Gasteiger charge is -1.98. The minimum absolute atomic E-state index is 0.101. The molecule has 0 spiro atoms. The van der Waals surface area contributed by atoms with Crippen LogP contribution in [-0.2, 0) is 4.79 Å². The first-order valence-electron chi connectivity index (χ1n) is 2.99. The third-order valence-electron chi connectivity index (χ3n) is 0.954. The summed E-state index contributed by atoms with van der Waals surface area (Å²) < 4.78 is 0. The molecule has 6 heteroatoms. The Morgan fingerprint density at radius 1 is 1.58 bits per heavy atom. The Morgan fingerprint density at radius 3 is 2.83 bits per heavy atom. The zero-order valence-corrected chi connectivity index (χ0v) is 6.75. The molecule has 0 radical (unpaired) electrons.